The zero-order chi connectivity index (χ0) is 18.5. The van der Waals surface area contributed by atoms with Crippen LogP contribution < -0.4 is 15.1 Å². The number of aliphatic hydroxyl groups excluding tert-OH is 1. The van der Waals surface area contributed by atoms with Gasteiger partial charge in [0.15, 0.2) is 0 Å². The largest absolute Gasteiger partial charge is 0.395 e. The molecule has 4 heterocycles. The number of hydrogen-bond donors (Lipinski definition) is 2. The Kier molecular flexibility index (Phi) is 5.64. The minimum Gasteiger partial charge on any atom is -0.395 e. The summed E-state index contributed by atoms with van der Waals surface area (Å²) in [6.45, 7) is 5.57. The van der Waals surface area contributed by atoms with Crippen molar-refractivity contribution in [1.29, 1.82) is 0 Å². The normalized spacial score (nSPS) is 20.1. The Hall–Kier alpha value is -2.45. The standard InChI is InChI=1S/C19H26N6O2/c26-11-6-21-19-22-16(15-4-12-27-14-15)13-18(23-19)25-9-7-24(8-10-25)17-3-1-2-5-20-17/h1-3,5,13,15,26H,4,6-12,14H2,(H,21,22,23)/t15-/m1/s1. The van der Waals surface area contributed by atoms with Gasteiger partial charge in [0, 0.05) is 57.5 Å². The van der Waals surface area contributed by atoms with E-state index in [0.29, 0.717) is 25.0 Å². The van der Waals surface area contributed by atoms with Crippen LogP contribution in [0.15, 0.2) is 30.5 Å². The second-order valence-corrected chi connectivity index (χ2v) is 6.85. The van der Waals surface area contributed by atoms with E-state index >= 15 is 0 Å². The predicted molar refractivity (Wildman–Crippen MR) is 104 cm³/mol. The van der Waals surface area contributed by atoms with Gasteiger partial charge in [-0.25, -0.2) is 9.97 Å². The molecular weight excluding hydrogens is 344 g/mol. The van der Waals surface area contributed by atoms with Gasteiger partial charge in [0.05, 0.1) is 18.9 Å². The Bertz CT molecular complexity index is 730. The van der Waals surface area contributed by atoms with Gasteiger partial charge in [-0.15, -0.1) is 0 Å². The van der Waals surface area contributed by atoms with Crippen molar-refractivity contribution < 1.29 is 9.84 Å². The number of pyridine rings is 1. The molecule has 2 aromatic heterocycles. The lowest BCUT2D eigenvalue weighted by atomic mass is 10.0. The monoisotopic (exact) mass is 370 g/mol. The van der Waals surface area contributed by atoms with Crippen molar-refractivity contribution in [2.24, 2.45) is 0 Å². The summed E-state index contributed by atoms with van der Waals surface area (Å²) in [6.07, 6.45) is 2.82. The van der Waals surface area contributed by atoms with Gasteiger partial charge in [0.1, 0.15) is 11.6 Å². The molecule has 8 nitrogen and oxygen atoms in total. The number of aromatic nitrogens is 3. The van der Waals surface area contributed by atoms with Crippen LogP contribution >= 0.6 is 0 Å². The third-order valence-electron chi connectivity index (χ3n) is 5.05. The molecule has 144 valence electrons. The number of aliphatic hydroxyl groups is 1. The summed E-state index contributed by atoms with van der Waals surface area (Å²) in [5, 5.41) is 12.2. The van der Waals surface area contributed by atoms with E-state index in [9.17, 15) is 0 Å². The number of rotatable bonds is 6. The molecule has 0 saturated carbocycles. The fourth-order valence-corrected chi connectivity index (χ4v) is 3.54. The van der Waals surface area contributed by atoms with E-state index in [1.165, 1.54) is 0 Å². The average Bonchev–Trinajstić information content (AvgIpc) is 3.28. The number of anilines is 3. The summed E-state index contributed by atoms with van der Waals surface area (Å²) in [5.41, 5.74) is 1.02. The van der Waals surface area contributed by atoms with E-state index in [2.05, 4.69) is 42.2 Å². The first-order valence-corrected chi connectivity index (χ1v) is 9.56. The molecule has 27 heavy (non-hydrogen) atoms. The first kappa shape index (κ1) is 17.9. The van der Waals surface area contributed by atoms with Gasteiger partial charge in [-0.3, -0.25) is 0 Å². The molecule has 0 bridgehead atoms. The molecule has 8 heteroatoms. The van der Waals surface area contributed by atoms with Crippen molar-refractivity contribution in [1.82, 2.24) is 15.0 Å². The lowest BCUT2D eigenvalue weighted by Gasteiger charge is -2.36. The van der Waals surface area contributed by atoms with Gasteiger partial charge < -0.3 is 25.0 Å². The maximum atomic E-state index is 9.10. The van der Waals surface area contributed by atoms with Crippen LogP contribution in [0.2, 0.25) is 0 Å². The highest BCUT2D eigenvalue weighted by Gasteiger charge is 2.24. The summed E-state index contributed by atoms with van der Waals surface area (Å²) in [6, 6.07) is 8.11. The number of piperazine rings is 1. The third kappa shape index (κ3) is 4.28. The fourth-order valence-electron chi connectivity index (χ4n) is 3.54. The molecule has 0 amide bonds. The number of hydrogen-bond acceptors (Lipinski definition) is 8. The van der Waals surface area contributed by atoms with Crippen LogP contribution in [0.3, 0.4) is 0 Å². The van der Waals surface area contributed by atoms with E-state index in [4.69, 9.17) is 9.84 Å². The molecule has 0 aromatic carbocycles. The summed E-state index contributed by atoms with van der Waals surface area (Å²) < 4.78 is 5.53. The zero-order valence-corrected chi connectivity index (χ0v) is 15.4. The summed E-state index contributed by atoms with van der Waals surface area (Å²) in [4.78, 5) is 18.4. The molecule has 0 aliphatic carbocycles. The van der Waals surface area contributed by atoms with Gasteiger partial charge in [0.2, 0.25) is 5.95 Å². The Morgan fingerprint density at radius 3 is 2.59 bits per heavy atom. The Morgan fingerprint density at radius 2 is 1.93 bits per heavy atom. The molecule has 2 aliphatic rings. The lowest BCUT2D eigenvalue weighted by molar-refractivity contribution is 0.193. The van der Waals surface area contributed by atoms with Crippen LogP contribution in [0, 0.1) is 0 Å². The third-order valence-corrected chi connectivity index (χ3v) is 5.05. The Balaban J connectivity index is 1.49. The second-order valence-electron chi connectivity index (χ2n) is 6.85. The first-order chi connectivity index (χ1) is 13.3. The lowest BCUT2D eigenvalue weighted by Crippen LogP contribution is -2.47. The molecule has 2 aromatic rings. The van der Waals surface area contributed by atoms with Crippen LogP contribution in [-0.4, -0.2) is 72.6 Å². The fraction of sp³-hybridized carbons (Fsp3) is 0.526. The van der Waals surface area contributed by atoms with Gasteiger partial charge >= 0.3 is 0 Å². The van der Waals surface area contributed by atoms with Crippen LogP contribution in [0.5, 0.6) is 0 Å². The molecule has 2 saturated heterocycles. The molecule has 0 radical (unpaired) electrons. The molecule has 0 unspecified atom stereocenters. The molecule has 0 spiro atoms. The van der Waals surface area contributed by atoms with Crippen LogP contribution in [0.1, 0.15) is 18.0 Å². The average molecular weight is 370 g/mol. The Labute approximate surface area is 159 Å². The Morgan fingerprint density at radius 1 is 1.11 bits per heavy atom. The zero-order valence-electron chi connectivity index (χ0n) is 15.4. The van der Waals surface area contributed by atoms with Crippen molar-refractivity contribution in [3.8, 4) is 0 Å². The number of nitrogens with one attached hydrogen (secondary N) is 1. The molecule has 2 fully saturated rings. The van der Waals surface area contributed by atoms with E-state index in [0.717, 1.165) is 56.5 Å². The van der Waals surface area contributed by atoms with Crippen LogP contribution in [0.25, 0.3) is 0 Å². The minimum atomic E-state index is 0.0538. The van der Waals surface area contributed by atoms with Crippen molar-refractivity contribution in [2.75, 3.05) is 67.7 Å². The van der Waals surface area contributed by atoms with Gasteiger partial charge in [0.25, 0.3) is 0 Å². The summed E-state index contributed by atoms with van der Waals surface area (Å²) in [7, 11) is 0. The van der Waals surface area contributed by atoms with Crippen LogP contribution in [-0.2, 0) is 4.74 Å². The summed E-state index contributed by atoms with van der Waals surface area (Å²) >= 11 is 0. The van der Waals surface area contributed by atoms with E-state index in [1.807, 2.05) is 18.3 Å². The second kappa shape index (κ2) is 8.49. The maximum absolute atomic E-state index is 9.10. The van der Waals surface area contributed by atoms with Gasteiger partial charge in [-0.05, 0) is 18.6 Å². The predicted octanol–water partition coefficient (Wildman–Crippen LogP) is 1.11. The minimum absolute atomic E-state index is 0.0538. The van der Waals surface area contributed by atoms with Gasteiger partial charge in [-0.2, -0.15) is 4.98 Å². The quantitative estimate of drug-likeness (QED) is 0.782. The highest BCUT2D eigenvalue weighted by molar-refractivity contribution is 5.48. The number of ether oxygens (including phenoxy) is 1. The molecular formula is C19H26N6O2. The smallest absolute Gasteiger partial charge is 0.224 e. The van der Waals surface area contributed by atoms with Crippen molar-refractivity contribution in [3.63, 3.8) is 0 Å². The van der Waals surface area contributed by atoms with E-state index in [1.54, 1.807) is 0 Å². The van der Waals surface area contributed by atoms with Gasteiger partial charge in [-0.1, -0.05) is 6.07 Å². The molecule has 2 aliphatic heterocycles. The highest BCUT2D eigenvalue weighted by Crippen LogP contribution is 2.28. The number of nitrogens with zero attached hydrogens (tertiary/aromatic N) is 5. The molecule has 4 rings (SSSR count). The van der Waals surface area contributed by atoms with E-state index in [-0.39, 0.29) is 6.61 Å². The molecule has 2 N–H and O–H groups in total. The first-order valence-electron chi connectivity index (χ1n) is 9.56. The van der Waals surface area contributed by atoms with Crippen molar-refractivity contribution >= 4 is 17.6 Å². The highest BCUT2D eigenvalue weighted by atomic mass is 16.5. The topological polar surface area (TPSA) is 86.6 Å². The SMILES string of the molecule is OCCNc1nc([C@@H]2CCOC2)cc(N2CCN(c3ccccn3)CC2)n1. The van der Waals surface area contributed by atoms with Crippen molar-refractivity contribution in [2.45, 2.75) is 12.3 Å². The van der Waals surface area contributed by atoms with Crippen LogP contribution in [0.4, 0.5) is 17.6 Å². The summed E-state index contributed by atoms with van der Waals surface area (Å²) in [5.74, 6) is 2.86. The van der Waals surface area contributed by atoms with Crippen molar-refractivity contribution in [3.05, 3.63) is 36.2 Å². The maximum Gasteiger partial charge on any atom is 0.224 e. The molecule has 1 atom stereocenters. The van der Waals surface area contributed by atoms with E-state index < -0.39 is 0 Å².